The fraction of sp³-hybridized carbons (Fsp3) is 0.227. The zero-order valence-corrected chi connectivity index (χ0v) is 17.3. The number of carbonyl (C=O) groups is 1. The lowest BCUT2D eigenvalue weighted by atomic mass is 10.3. The van der Waals surface area contributed by atoms with Crippen LogP contribution < -0.4 is 15.0 Å². The van der Waals surface area contributed by atoms with Gasteiger partial charge in [-0.1, -0.05) is 35.9 Å². The summed E-state index contributed by atoms with van der Waals surface area (Å²) in [5.41, 5.74) is 0.684. The molecule has 2 aromatic carbocycles. The molecule has 0 atom stereocenters. The number of benzene rings is 2. The second-order valence-corrected chi connectivity index (χ2v) is 7.38. The Balaban J connectivity index is 1.38. The lowest BCUT2D eigenvalue weighted by Crippen LogP contribution is -2.50. The maximum absolute atomic E-state index is 12.5. The Morgan fingerprint density at radius 3 is 2.50 bits per heavy atom. The summed E-state index contributed by atoms with van der Waals surface area (Å²) in [4.78, 5) is 25.4. The Labute approximate surface area is 180 Å². The van der Waals surface area contributed by atoms with Crippen LogP contribution in [0.5, 0.6) is 11.6 Å². The van der Waals surface area contributed by atoms with Gasteiger partial charge in [-0.05, 0) is 37.3 Å². The van der Waals surface area contributed by atoms with Gasteiger partial charge in [0.1, 0.15) is 17.4 Å². The topological polar surface area (TPSA) is 70.6 Å². The Morgan fingerprint density at radius 2 is 1.77 bits per heavy atom. The molecule has 0 unspecified atom stereocenters. The number of hydrogen-bond donors (Lipinski definition) is 1. The molecule has 154 valence electrons. The lowest BCUT2D eigenvalue weighted by molar-refractivity contribution is 0.208. The van der Waals surface area contributed by atoms with Crippen LogP contribution in [0.4, 0.5) is 16.3 Å². The molecule has 0 saturated carbocycles. The number of aryl methyl sites for hydroxylation is 1. The minimum absolute atomic E-state index is 0.135. The van der Waals surface area contributed by atoms with E-state index < -0.39 is 0 Å². The Hall–Kier alpha value is -3.32. The van der Waals surface area contributed by atoms with Crippen molar-refractivity contribution in [3.05, 3.63) is 71.5 Å². The fourth-order valence-corrected chi connectivity index (χ4v) is 3.45. The number of hydrogen-bond acceptors (Lipinski definition) is 5. The fourth-order valence-electron chi connectivity index (χ4n) is 3.26. The number of anilines is 2. The number of ether oxygens (including phenoxy) is 1. The quantitative estimate of drug-likeness (QED) is 0.664. The van der Waals surface area contributed by atoms with E-state index in [0.29, 0.717) is 48.6 Å². The van der Waals surface area contributed by atoms with Crippen LogP contribution in [-0.4, -0.2) is 47.1 Å². The largest absolute Gasteiger partial charge is 0.439 e. The molecule has 0 bridgehead atoms. The molecule has 0 spiro atoms. The molecule has 1 N–H and O–H groups in total. The monoisotopic (exact) mass is 423 g/mol. The van der Waals surface area contributed by atoms with Gasteiger partial charge in [-0.3, -0.25) is 0 Å². The zero-order valence-electron chi connectivity index (χ0n) is 16.6. The number of rotatable bonds is 4. The Kier molecular flexibility index (Phi) is 5.99. The average molecular weight is 424 g/mol. The van der Waals surface area contributed by atoms with Crippen molar-refractivity contribution in [2.75, 3.05) is 36.4 Å². The highest BCUT2D eigenvalue weighted by Gasteiger charge is 2.23. The number of nitrogens with zero attached hydrogens (tertiary/aromatic N) is 4. The molecule has 30 heavy (non-hydrogen) atoms. The molecule has 1 aliphatic rings. The van der Waals surface area contributed by atoms with Crippen LogP contribution in [0.25, 0.3) is 0 Å². The number of urea groups is 1. The van der Waals surface area contributed by atoms with Gasteiger partial charge in [-0.2, -0.15) is 4.98 Å². The van der Waals surface area contributed by atoms with E-state index in [1.807, 2.05) is 55.5 Å². The smallest absolute Gasteiger partial charge is 0.321 e. The van der Waals surface area contributed by atoms with Gasteiger partial charge in [0, 0.05) is 43.0 Å². The van der Waals surface area contributed by atoms with Crippen molar-refractivity contribution >= 4 is 29.1 Å². The molecular formula is C22H22ClN5O2. The Bertz CT molecular complexity index is 1020. The highest BCUT2D eigenvalue weighted by atomic mass is 35.5. The molecule has 8 heteroatoms. The van der Waals surface area contributed by atoms with Crippen LogP contribution in [0.1, 0.15) is 5.82 Å². The molecule has 4 rings (SSSR count). The molecule has 1 fully saturated rings. The third-order valence-corrected chi connectivity index (χ3v) is 4.97. The van der Waals surface area contributed by atoms with Gasteiger partial charge in [0.15, 0.2) is 0 Å². The van der Waals surface area contributed by atoms with E-state index in [-0.39, 0.29) is 6.03 Å². The maximum Gasteiger partial charge on any atom is 0.321 e. The van der Waals surface area contributed by atoms with Crippen molar-refractivity contribution in [3.63, 3.8) is 0 Å². The number of piperazine rings is 1. The summed E-state index contributed by atoms with van der Waals surface area (Å²) in [6, 6.07) is 18.4. The molecule has 3 aromatic rings. The number of aromatic nitrogens is 2. The van der Waals surface area contributed by atoms with Gasteiger partial charge >= 0.3 is 6.03 Å². The summed E-state index contributed by atoms with van der Waals surface area (Å²) >= 11 is 5.98. The molecule has 2 amide bonds. The van der Waals surface area contributed by atoms with Crippen LogP contribution in [0, 0.1) is 6.92 Å². The third kappa shape index (κ3) is 4.99. The second-order valence-electron chi connectivity index (χ2n) is 6.94. The van der Waals surface area contributed by atoms with Gasteiger partial charge in [0.2, 0.25) is 5.88 Å². The van der Waals surface area contributed by atoms with E-state index in [0.717, 1.165) is 11.6 Å². The minimum atomic E-state index is -0.135. The first-order valence-electron chi connectivity index (χ1n) is 9.72. The van der Waals surface area contributed by atoms with Crippen molar-refractivity contribution in [2.45, 2.75) is 6.92 Å². The van der Waals surface area contributed by atoms with Crippen LogP contribution in [-0.2, 0) is 0 Å². The predicted octanol–water partition coefficient (Wildman–Crippen LogP) is 4.58. The first-order chi connectivity index (χ1) is 14.6. The minimum Gasteiger partial charge on any atom is -0.439 e. The number of amides is 2. The van der Waals surface area contributed by atoms with E-state index in [1.54, 1.807) is 17.0 Å². The zero-order chi connectivity index (χ0) is 20.9. The molecule has 1 aliphatic heterocycles. The van der Waals surface area contributed by atoms with Crippen molar-refractivity contribution in [1.82, 2.24) is 14.9 Å². The van der Waals surface area contributed by atoms with Gasteiger partial charge < -0.3 is 19.9 Å². The van der Waals surface area contributed by atoms with E-state index in [1.165, 1.54) is 0 Å². The average Bonchev–Trinajstić information content (AvgIpc) is 2.74. The summed E-state index contributed by atoms with van der Waals surface area (Å²) < 4.78 is 5.86. The highest BCUT2D eigenvalue weighted by Crippen LogP contribution is 2.24. The van der Waals surface area contributed by atoms with Gasteiger partial charge in [-0.25, -0.2) is 9.78 Å². The third-order valence-electron chi connectivity index (χ3n) is 4.73. The van der Waals surface area contributed by atoms with Crippen LogP contribution in [0.3, 0.4) is 0 Å². The second kappa shape index (κ2) is 9.00. The number of halogens is 1. The van der Waals surface area contributed by atoms with Gasteiger partial charge in [0.05, 0.1) is 0 Å². The molecule has 0 radical (unpaired) electrons. The number of carbonyl (C=O) groups excluding carboxylic acids is 1. The molecule has 1 saturated heterocycles. The van der Waals surface area contributed by atoms with Crippen molar-refractivity contribution < 1.29 is 9.53 Å². The standard InChI is InChI=1S/C22H22ClN5O2/c1-16-24-20(15-21(25-16)30-19-8-3-2-4-9-19)27-10-12-28(13-11-27)22(29)26-18-7-5-6-17(23)14-18/h2-9,14-15H,10-13H2,1H3,(H,26,29). The molecule has 0 aliphatic carbocycles. The maximum atomic E-state index is 12.5. The molecule has 7 nitrogen and oxygen atoms in total. The van der Waals surface area contributed by atoms with E-state index in [4.69, 9.17) is 16.3 Å². The van der Waals surface area contributed by atoms with Crippen LogP contribution in [0.15, 0.2) is 60.7 Å². The summed E-state index contributed by atoms with van der Waals surface area (Å²) in [6.45, 7) is 4.36. The summed E-state index contributed by atoms with van der Waals surface area (Å²) in [7, 11) is 0. The first kappa shape index (κ1) is 20.0. The first-order valence-corrected chi connectivity index (χ1v) is 10.1. The SMILES string of the molecule is Cc1nc(Oc2ccccc2)cc(N2CCN(C(=O)Nc3cccc(Cl)c3)CC2)n1. The van der Waals surface area contributed by atoms with Crippen LogP contribution >= 0.6 is 11.6 Å². The number of para-hydroxylation sites is 1. The summed E-state index contributed by atoms with van der Waals surface area (Å²) in [5, 5.41) is 3.48. The van der Waals surface area contributed by atoms with Gasteiger partial charge in [0.25, 0.3) is 0 Å². The van der Waals surface area contributed by atoms with Crippen molar-refractivity contribution in [1.29, 1.82) is 0 Å². The summed E-state index contributed by atoms with van der Waals surface area (Å²) in [5.74, 6) is 2.66. The Morgan fingerprint density at radius 1 is 1.00 bits per heavy atom. The predicted molar refractivity (Wildman–Crippen MR) is 118 cm³/mol. The molecule has 2 heterocycles. The van der Waals surface area contributed by atoms with Crippen molar-refractivity contribution in [3.8, 4) is 11.6 Å². The van der Waals surface area contributed by atoms with E-state index >= 15 is 0 Å². The van der Waals surface area contributed by atoms with Crippen LogP contribution in [0.2, 0.25) is 5.02 Å². The van der Waals surface area contributed by atoms with E-state index in [2.05, 4.69) is 20.2 Å². The highest BCUT2D eigenvalue weighted by molar-refractivity contribution is 6.30. The normalized spacial score (nSPS) is 13.8. The lowest BCUT2D eigenvalue weighted by Gasteiger charge is -2.35. The summed E-state index contributed by atoms with van der Waals surface area (Å²) in [6.07, 6.45) is 0. The molecule has 1 aromatic heterocycles. The van der Waals surface area contributed by atoms with Crippen molar-refractivity contribution in [2.24, 2.45) is 0 Å². The number of nitrogens with one attached hydrogen (secondary N) is 1. The van der Waals surface area contributed by atoms with E-state index in [9.17, 15) is 4.79 Å². The molecular weight excluding hydrogens is 402 g/mol. The van der Waals surface area contributed by atoms with Gasteiger partial charge in [-0.15, -0.1) is 0 Å².